The summed E-state index contributed by atoms with van der Waals surface area (Å²) in [5.74, 6) is 0.692. The average Bonchev–Trinajstić information content (AvgIpc) is 3.15. The number of nitrogens with one attached hydrogen (secondary N) is 1. The second kappa shape index (κ2) is 8.53. The molecule has 0 unspecified atom stereocenters. The summed E-state index contributed by atoms with van der Waals surface area (Å²) < 4.78 is 25.8. The SMILES string of the molecule is CS(=O)(=O)Nc1ccccc1C(=O)N1CCc2cc(SCc3ccccc3)ccc21. The van der Waals surface area contributed by atoms with Crippen molar-refractivity contribution in [3.8, 4) is 0 Å². The molecule has 0 radical (unpaired) electrons. The number of sulfonamides is 1. The molecule has 1 heterocycles. The van der Waals surface area contributed by atoms with Crippen LogP contribution >= 0.6 is 11.8 Å². The lowest BCUT2D eigenvalue weighted by molar-refractivity contribution is 0.0990. The van der Waals surface area contributed by atoms with Gasteiger partial charge in [0, 0.05) is 22.9 Å². The normalized spacial score (nSPS) is 13.2. The molecule has 1 aliphatic rings. The summed E-state index contributed by atoms with van der Waals surface area (Å²) in [6, 6.07) is 23.2. The molecule has 0 fully saturated rings. The summed E-state index contributed by atoms with van der Waals surface area (Å²) in [6.07, 6.45) is 1.86. The van der Waals surface area contributed by atoms with Gasteiger partial charge >= 0.3 is 0 Å². The molecule has 30 heavy (non-hydrogen) atoms. The monoisotopic (exact) mass is 438 g/mol. The van der Waals surface area contributed by atoms with Gasteiger partial charge in [0.2, 0.25) is 10.0 Å². The molecule has 0 bridgehead atoms. The number of hydrogen-bond acceptors (Lipinski definition) is 4. The van der Waals surface area contributed by atoms with Gasteiger partial charge in [0.15, 0.2) is 0 Å². The number of rotatable bonds is 6. The molecule has 0 spiro atoms. The highest BCUT2D eigenvalue weighted by Gasteiger charge is 2.27. The molecule has 154 valence electrons. The number of anilines is 2. The number of fused-ring (bicyclic) bond motifs is 1. The van der Waals surface area contributed by atoms with Crippen LogP contribution in [-0.2, 0) is 22.2 Å². The summed E-state index contributed by atoms with van der Waals surface area (Å²) in [7, 11) is -3.48. The van der Waals surface area contributed by atoms with Crippen LogP contribution in [0.3, 0.4) is 0 Å². The Hall–Kier alpha value is -2.77. The van der Waals surface area contributed by atoms with Gasteiger partial charge in [0.25, 0.3) is 5.91 Å². The quantitative estimate of drug-likeness (QED) is 0.573. The zero-order chi connectivity index (χ0) is 21.1. The smallest absolute Gasteiger partial charge is 0.260 e. The van der Waals surface area contributed by atoms with E-state index in [1.54, 1.807) is 40.9 Å². The third kappa shape index (κ3) is 4.68. The van der Waals surface area contributed by atoms with Gasteiger partial charge in [-0.2, -0.15) is 0 Å². The molecular formula is C23H22N2O3S2. The van der Waals surface area contributed by atoms with Crippen molar-refractivity contribution in [2.24, 2.45) is 0 Å². The second-order valence-electron chi connectivity index (χ2n) is 7.19. The number of carbonyl (C=O) groups excluding carboxylic acids is 1. The van der Waals surface area contributed by atoms with Gasteiger partial charge in [-0.15, -0.1) is 11.8 Å². The lowest BCUT2D eigenvalue weighted by Gasteiger charge is -2.19. The van der Waals surface area contributed by atoms with Crippen LogP contribution in [0.4, 0.5) is 11.4 Å². The van der Waals surface area contributed by atoms with Crippen LogP contribution in [0, 0.1) is 0 Å². The molecule has 0 saturated heterocycles. The van der Waals surface area contributed by atoms with E-state index >= 15 is 0 Å². The minimum absolute atomic E-state index is 0.204. The number of hydrogen-bond donors (Lipinski definition) is 1. The molecule has 1 aliphatic heterocycles. The summed E-state index contributed by atoms with van der Waals surface area (Å²) >= 11 is 1.77. The summed E-state index contributed by atoms with van der Waals surface area (Å²) in [5.41, 5.74) is 3.94. The molecule has 0 aliphatic carbocycles. The number of amides is 1. The third-order valence-electron chi connectivity index (χ3n) is 4.89. The molecule has 7 heteroatoms. The predicted octanol–water partition coefficient (Wildman–Crippen LogP) is 4.55. The van der Waals surface area contributed by atoms with Crippen LogP contribution in [0.5, 0.6) is 0 Å². The zero-order valence-electron chi connectivity index (χ0n) is 16.5. The van der Waals surface area contributed by atoms with Gasteiger partial charge in [0.05, 0.1) is 17.5 Å². The van der Waals surface area contributed by atoms with E-state index in [1.165, 1.54) is 10.5 Å². The van der Waals surface area contributed by atoms with E-state index in [4.69, 9.17) is 0 Å². The lowest BCUT2D eigenvalue weighted by atomic mass is 10.1. The van der Waals surface area contributed by atoms with Gasteiger partial charge in [0.1, 0.15) is 0 Å². The van der Waals surface area contributed by atoms with Gasteiger partial charge in [-0.1, -0.05) is 42.5 Å². The first-order valence-corrected chi connectivity index (χ1v) is 12.5. The third-order valence-corrected chi connectivity index (χ3v) is 6.55. The molecule has 1 N–H and O–H groups in total. The Morgan fingerprint density at radius 2 is 1.77 bits per heavy atom. The maximum absolute atomic E-state index is 13.2. The number of thioether (sulfide) groups is 1. The van der Waals surface area contributed by atoms with Crippen LogP contribution in [0.25, 0.3) is 0 Å². The van der Waals surface area contributed by atoms with Gasteiger partial charge in [-0.3, -0.25) is 9.52 Å². The average molecular weight is 439 g/mol. The molecular weight excluding hydrogens is 416 g/mol. The first-order chi connectivity index (χ1) is 14.4. The van der Waals surface area contributed by atoms with Gasteiger partial charge < -0.3 is 4.90 Å². The number of carbonyl (C=O) groups is 1. The van der Waals surface area contributed by atoms with Crippen molar-refractivity contribution in [2.45, 2.75) is 17.1 Å². The largest absolute Gasteiger partial charge is 0.308 e. The van der Waals surface area contributed by atoms with E-state index in [1.807, 2.05) is 30.3 Å². The van der Waals surface area contributed by atoms with Crippen LogP contribution in [-0.4, -0.2) is 27.1 Å². The Balaban J connectivity index is 1.53. The van der Waals surface area contributed by atoms with Crippen molar-refractivity contribution in [3.05, 3.63) is 89.5 Å². The molecule has 1 amide bonds. The molecule has 0 saturated carbocycles. The Kier molecular flexibility index (Phi) is 5.83. The fourth-order valence-electron chi connectivity index (χ4n) is 3.52. The number of nitrogens with zero attached hydrogens (tertiary/aromatic N) is 1. The fourth-order valence-corrected chi connectivity index (χ4v) is 5.02. The van der Waals surface area contributed by atoms with Gasteiger partial charge in [-0.05, 0) is 47.9 Å². The highest BCUT2D eigenvalue weighted by molar-refractivity contribution is 7.98. The fraction of sp³-hybridized carbons (Fsp3) is 0.174. The number of benzene rings is 3. The highest BCUT2D eigenvalue weighted by Crippen LogP contribution is 2.34. The van der Waals surface area contributed by atoms with E-state index < -0.39 is 10.0 Å². The molecule has 3 aromatic rings. The molecule has 0 aromatic heterocycles. The standard InChI is InChI=1S/C23H22N2O3S2/c1-30(27,28)24-21-10-6-5-9-20(21)23(26)25-14-13-18-15-19(11-12-22(18)25)29-16-17-7-3-2-4-8-17/h2-12,15,24H,13-14,16H2,1H3. The van der Waals surface area contributed by atoms with Crippen molar-refractivity contribution >= 4 is 39.1 Å². The van der Waals surface area contributed by atoms with E-state index in [9.17, 15) is 13.2 Å². The Morgan fingerprint density at radius 3 is 2.53 bits per heavy atom. The molecule has 5 nitrogen and oxygen atoms in total. The second-order valence-corrected chi connectivity index (χ2v) is 9.99. The predicted molar refractivity (Wildman–Crippen MR) is 123 cm³/mol. The highest BCUT2D eigenvalue weighted by atomic mass is 32.2. The Bertz CT molecular complexity index is 1180. The van der Waals surface area contributed by atoms with Crippen molar-refractivity contribution < 1.29 is 13.2 Å². The van der Waals surface area contributed by atoms with Crippen LogP contribution in [0.1, 0.15) is 21.5 Å². The van der Waals surface area contributed by atoms with Crippen molar-refractivity contribution in [1.29, 1.82) is 0 Å². The van der Waals surface area contributed by atoms with E-state index in [0.29, 0.717) is 17.8 Å². The maximum Gasteiger partial charge on any atom is 0.260 e. The van der Waals surface area contributed by atoms with E-state index in [-0.39, 0.29) is 5.91 Å². The van der Waals surface area contributed by atoms with E-state index in [0.717, 1.165) is 29.7 Å². The molecule has 3 aromatic carbocycles. The molecule has 4 rings (SSSR count). The minimum Gasteiger partial charge on any atom is -0.308 e. The first-order valence-electron chi connectivity index (χ1n) is 9.59. The van der Waals surface area contributed by atoms with Crippen molar-refractivity contribution in [2.75, 3.05) is 22.4 Å². The van der Waals surface area contributed by atoms with Crippen LogP contribution in [0.15, 0.2) is 77.7 Å². The summed E-state index contributed by atoms with van der Waals surface area (Å²) in [6.45, 7) is 0.578. The summed E-state index contributed by atoms with van der Waals surface area (Å²) in [5, 5.41) is 0. The Morgan fingerprint density at radius 1 is 1.03 bits per heavy atom. The number of para-hydroxylation sites is 1. The van der Waals surface area contributed by atoms with E-state index in [2.05, 4.69) is 22.9 Å². The topological polar surface area (TPSA) is 66.5 Å². The Labute approximate surface area is 181 Å². The maximum atomic E-state index is 13.2. The van der Waals surface area contributed by atoms with Crippen molar-refractivity contribution in [1.82, 2.24) is 0 Å². The zero-order valence-corrected chi connectivity index (χ0v) is 18.2. The minimum atomic E-state index is -3.48. The van der Waals surface area contributed by atoms with Crippen LogP contribution < -0.4 is 9.62 Å². The summed E-state index contributed by atoms with van der Waals surface area (Å²) in [4.78, 5) is 16.1. The lowest BCUT2D eigenvalue weighted by Crippen LogP contribution is -2.30. The van der Waals surface area contributed by atoms with Crippen molar-refractivity contribution in [3.63, 3.8) is 0 Å². The van der Waals surface area contributed by atoms with Crippen LogP contribution in [0.2, 0.25) is 0 Å². The first kappa shape index (κ1) is 20.5. The van der Waals surface area contributed by atoms with Gasteiger partial charge in [-0.25, -0.2) is 8.42 Å². The molecule has 0 atom stereocenters.